The van der Waals surface area contributed by atoms with Crippen LogP contribution in [0.3, 0.4) is 0 Å². The highest BCUT2D eigenvalue weighted by Crippen LogP contribution is 2.39. The van der Waals surface area contributed by atoms with Gasteiger partial charge in [-0.05, 0) is 18.2 Å². The van der Waals surface area contributed by atoms with Crippen molar-refractivity contribution in [2.75, 3.05) is 0 Å². The number of nitro benzene ring substituents is 2. The van der Waals surface area contributed by atoms with Gasteiger partial charge in [0.1, 0.15) is 0 Å². The summed E-state index contributed by atoms with van der Waals surface area (Å²) in [5, 5.41) is 21.8. The Morgan fingerprint density at radius 3 is 2.11 bits per heavy atom. The number of para-hydroxylation sites is 1. The largest absolute Gasteiger partial charge is 0.359 e. The van der Waals surface area contributed by atoms with Gasteiger partial charge in [0.25, 0.3) is 0 Å². The molecule has 2 aromatic carbocycles. The Bertz CT molecular complexity index is 631. The number of nitrogens with zero attached hydrogens (tertiary/aromatic N) is 2. The molecule has 96 valence electrons. The molecule has 19 heavy (non-hydrogen) atoms. The van der Waals surface area contributed by atoms with E-state index in [1.165, 1.54) is 12.1 Å². The first kappa shape index (κ1) is 13.0. The second kappa shape index (κ2) is 5.49. The van der Waals surface area contributed by atoms with Gasteiger partial charge in [-0.2, -0.15) is 0 Å². The van der Waals surface area contributed by atoms with Gasteiger partial charge in [0, 0.05) is 11.0 Å². The molecule has 6 nitrogen and oxygen atoms in total. The smallest absolute Gasteiger partial charge is 0.258 e. The van der Waals surface area contributed by atoms with Crippen molar-refractivity contribution in [1.29, 1.82) is 0 Å². The highest BCUT2D eigenvalue weighted by Gasteiger charge is 2.28. The molecule has 0 aliphatic rings. The van der Waals surface area contributed by atoms with Gasteiger partial charge in [0.15, 0.2) is 0 Å². The summed E-state index contributed by atoms with van der Waals surface area (Å²) in [5.41, 5.74) is -0.965. The van der Waals surface area contributed by atoms with Gasteiger partial charge in [-0.1, -0.05) is 36.0 Å². The number of benzene rings is 2. The van der Waals surface area contributed by atoms with Crippen LogP contribution in [0.25, 0.3) is 0 Å². The predicted octanol–water partition coefficient (Wildman–Crippen LogP) is 3.65. The van der Waals surface area contributed by atoms with E-state index in [0.29, 0.717) is 0 Å². The minimum atomic E-state index is -0.743. The number of nitro groups is 2. The molecule has 0 fully saturated rings. The summed E-state index contributed by atoms with van der Waals surface area (Å²) < 4.78 is 0. The van der Waals surface area contributed by atoms with Crippen LogP contribution in [0.2, 0.25) is 0 Å². The SMILES string of the molecule is O=[N+]([O-])c1cccc(Sc2ccccc2)c1[N+](=O)[O-]. The Morgan fingerprint density at radius 1 is 0.842 bits per heavy atom. The summed E-state index contributed by atoms with van der Waals surface area (Å²) in [7, 11) is 0. The van der Waals surface area contributed by atoms with Crippen LogP contribution in [-0.2, 0) is 0 Å². The number of hydrogen-bond acceptors (Lipinski definition) is 5. The lowest BCUT2D eigenvalue weighted by Crippen LogP contribution is -1.98. The van der Waals surface area contributed by atoms with Crippen molar-refractivity contribution in [3.63, 3.8) is 0 Å². The Balaban J connectivity index is 2.48. The molecule has 0 aromatic heterocycles. The van der Waals surface area contributed by atoms with Gasteiger partial charge in [0.2, 0.25) is 0 Å². The average Bonchev–Trinajstić information content (AvgIpc) is 2.39. The van der Waals surface area contributed by atoms with Gasteiger partial charge in [0.05, 0.1) is 14.7 Å². The lowest BCUT2D eigenvalue weighted by molar-refractivity contribution is -0.424. The van der Waals surface area contributed by atoms with E-state index >= 15 is 0 Å². The standard InChI is InChI=1S/C12H8N2O4S/c15-13(16)10-7-4-8-11(12(10)14(17)18)19-9-5-2-1-3-6-9/h1-8H. The van der Waals surface area contributed by atoms with Gasteiger partial charge in [-0.25, -0.2) is 0 Å². The van der Waals surface area contributed by atoms with Crippen LogP contribution in [0, 0.1) is 20.2 Å². The maximum absolute atomic E-state index is 11.0. The molecule has 0 aliphatic carbocycles. The van der Waals surface area contributed by atoms with Crippen molar-refractivity contribution in [3.05, 3.63) is 68.8 Å². The van der Waals surface area contributed by atoms with E-state index < -0.39 is 21.2 Å². The minimum absolute atomic E-state index is 0.255. The van der Waals surface area contributed by atoms with Crippen molar-refractivity contribution in [1.82, 2.24) is 0 Å². The summed E-state index contributed by atoms with van der Waals surface area (Å²) in [6.45, 7) is 0. The maximum atomic E-state index is 11.0. The summed E-state index contributed by atoms with van der Waals surface area (Å²) >= 11 is 1.13. The third-order valence-electron chi connectivity index (χ3n) is 2.33. The fraction of sp³-hybridized carbons (Fsp3) is 0. The molecule has 0 bridgehead atoms. The van der Waals surface area contributed by atoms with Crippen molar-refractivity contribution >= 4 is 23.1 Å². The van der Waals surface area contributed by atoms with E-state index in [0.717, 1.165) is 22.7 Å². The van der Waals surface area contributed by atoms with Crippen molar-refractivity contribution in [2.45, 2.75) is 9.79 Å². The van der Waals surface area contributed by atoms with E-state index in [-0.39, 0.29) is 4.90 Å². The molecule has 0 unspecified atom stereocenters. The zero-order chi connectivity index (χ0) is 13.8. The topological polar surface area (TPSA) is 86.3 Å². The lowest BCUT2D eigenvalue weighted by atomic mass is 10.3. The minimum Gasteiger partial charge on any atom is -0.258 e. The Kier molecular flexibility index (Phi) is 3.76. The zero-order valence-electron chi connectivity index (χ0n) is 9.55. The Hall–Kier alpha value is -2.41. The molecule has 0 radical (unpaired) electrons. The Labute approximate surface area is 112 Å². The Morgan fingerprint density at radius 2 is 1.53 bits per heavy atom. The molecule has 7 heteroatoms. The predicted molar refractivity (Wildman–Crippen MR) is 70.3 cm³/mol. The highest BCUT2D eigenvalue weighted by atomic mass is 32.2. The van der Waals surface area contributed by atoms with Crippen molar-refractivity contribution in [2.24, 2.45) is 0 Å². The molecular formula is C12H8N2O4S. The molecule has 0 N–H and O–H groups in total. The van der Waals surface area contributed by atoms with E-state index in [9.17, 15) is 20.2 Å². The molecule has 0 saturated carbocycles. The second-order valence-electron chi connectivity index (χ2n) is 3.55. The molecule has 0 aliphatic heterocycles. The molecule has 2 rings (SSSR count). The van der Waals surface area contributed by atoms with Crippen molar-refractivity contribution in [3.8, 4) is 0 Å². The van der Waals surface area contributed by atoms with Crippen LogP contribution in [0.5, 0.6) is 0 Å². The second-order valence-corrected chi connectivity index (χ2v) is 4.67. The first-order chi connectivity index (χ1) is 9.09. The maximum Gasteiger partial charge on any atom is 0.359 e. The molecule has 0 atom stereocenters. The van der Waals surface area contributed by atoms with E-state index in [2.05, 4.69) is 0 Å². The van der Waals surface area contributed by atoms with Gasteiger partial charge in [-0.3, -0.25) is 20.2 Å². The van der Waals surface area contributed by atoms with Crippen LogP contribution in [0.1, 0.15) is 0 Å². The molecule has 0 heterocycles. The third kappa shape index (κ3) is 2.89. The van der Waals surface area contributed by atoms with Crippen LogP contribution in [0.4, 0.5) is 11.4 Å². The van der Waals surface area contributed by atoms with Gasteiger partial charge in [-0.15, -0.1) is 0 Å². The fourth-order valence-corrected chi connectivity index (χ4v) is 2.51. The molecule has 0 spiro atoms. The van der Waals surface area contributed by atoms with Crippen LogP contribution in [0.15, 0.2) is 58.3 Å². The van der Waals surface area contributed by atoms with E-state index in [1.807, 2.05) is 6.07 Å². The summed E-state index contributed by atoms with van der Waals surface area (Å²) in [5.74, 6) is 0. The highest BCUT2D eigenvalue weighted by molar-refractivity contribution is 7.99. The average molecular weight is 276 g/mol. The van der Waals surface area contributed by atoms with Crippen LogP contribution in [-0.4, -0.2) is 9.85 Å². The monoisotopic (exact) mass is 276 g/mol. The normalized spacial score (nSPS) is 10.1. The third-order valence-corrected chi connectivity index (χ3v) is 3.39. The lowest BCUT2D eigenvalue weighted by Gasteiger charge is -2.03. The quantitative estimate of drug-likeness (QED) is 0.628. The summed E-state index contributed by atoms with van der Waals surface area (Å²) in [6.07, 6.45) is 0. The number of rotatable bonds is 4. The van der Waals surface area contributed by atoms with Crippen LogP contribution < -0.4 is 0 Å². The fourth-order valence-electron chi connectivity index (χ4n) is 1.54. The molecular weight excluding hydrogens is 268 g/mol. The van der Waals surface area contributed by atoms with Crippen molar-refractivity contribution < 1.29 is 9.85 Å². The first-order valence-corrected chi connectivity index (χ1v) is 6.06. The molecule has 0 saturated heterocycles. The zero-order valence-corrected chi connectivity index (χ0v) is 10.4. The summed E-state index contributed by atoms with van der Waals surface area (Å²) in [4.78, 5) is 21.4. The number of hydrogen-bond donors (Lipinski definition) is 0. The molecule has 0 amide bonds. The van der Waals surface area contributed by atoms with Gasteiger partial charge < -0.3 is 0 Å². The van der Waals surface area contributed by atoms with Crippen LogP contribution >= 0.6 is 11.8 Å². The van der Waals surface area contributed by atoms with E-state index in [1.54, 1.807) is 24.3 Å². The molecule has 2 aromatic rings. The van der Waals surface area contributed by atoms with Gasteiger partial charge >= 0.3 is 11.4 Å². The van der Waals surface area contributed by atoms with E-state index in [4.69, 9.17) is 0 Å². The summed E-state index contributed by atoms with van der Waals surface area (Å²) in [6, 6.07) is 13.1. The first-order valence-electron chi connectivity index (χ1n) is 5.24.